The second kappa shape index (κ2) is 5.66. The number of hydrogen-bond acceptors (Lipinski definition) is 5. The van der Waals surface area contributed by atoms with Crippen molar-refractivity contribution in [3.8, 4) is 0 Å². The van der Waals surface area contributed by atoms with Crippen molar-refractivity contribution < 1.29 is 9.59 Å². The van der Waals surface area contributed by atoms with Gasteiger partial charge in [-0.25, -0.2) is 4.68 Å². The Balaban J connectivity index is 1.73. The van der Waals surface area contributed by atoms with Crippen LogP contribution in [0, 0.1) is 5.92 Å². The molecule has 2 heterocycles. The number of carbonyl (C=O) groups is 2. The smallest absolute Gasteiger partial charge is 0.243 e. The Hall–Kier alpha value is -1.99. The highest BCUT2D eigenvalue weighted by molar-refractivity contribution is 5.91. The monoisotopic (exact) mass is 306 g/mol. The molecular formula is C14H22N6O2. The molecule has 22 heavy (non-hydrogen) atoms. The number of hydrogen-bond donors (Lipinski definition) is 1. The summed E-state index contributed by atoms with van der Waals surface area (Å²) in [7, 11) is 1.72. The zero-order valence-electron chi connectivity index (χ0n) is 12.9. The van der Waals surface area contributed by atoms with E-state index in [4.69, 9.17) is 5.73 Å². The van der Waals surface area contributed by atoms with Gasteiger partial charge in [-0.1, -0.05) is 12.8 Å². The molecule has 8 nitrogen and oxygen atoms in total. The quantitative estimate of drug-likeness (QED) is 0.838. The van der Waals surface area contributed by atoms with Crippen LogP contribution in [-0.2, 0) is 22.6 Å². The largest absolute Gasteiger partial charge is 0.368 e. The van der Waals surface area contributed by atoms with Crippen molar-refractivity contribution in [3.63, 3.8) is 0 Å². The molecule has 8 heteroatoms. The summed E-state index contributed by atoms with van der Waals surface area (Å²) in [6.07, 6.45) is 5.30. The molecule has 2 aliphatic rings. The van der Waals surface area contributed by atoms with E-state index in [-0.39, 0.29) is 17.7 Å². The van der Waals surface area contributed by atoms with E-state index >= 15 is 0 Å². The molecule has 1 aliphatic carbocycles. The normalized spacial score (nSPS) is 23.6. The number of tetrazole rings is 1. The predicted octanol–water partition coefficient (Wildman–Crippen LogP) is -0.118. The fraction of sp³-hybridized carbons (Fsp3) is 0.786. The molecule has 0 saturated heterocycles. The second-order valence-electron chi connectivity index (χ2n) is 6.34. The van der Waals surface area contributed by atoms with Crippen molar-refractivity contribution in [2.45, 2.75) is 57.0 Å². The molecule has 2 N–H and O–H groups in total. The minimum Gasteiger partial charge on any atom is -0.368 e. The fourth-order valence-corrected chi connectivity index (χ4v) is 3.74. The van der Waals surface area contributed by atoms with Gasteiger partial charge >= 0.3 is 0 Å². The Labute approximate surface area is 129 Å². The van der Waals surface area contributed by atoms with Crippen molar-refractivity contribution in [1.82, 2.24) is 25.1 Å². The molecule has 1 unspecified atom stereocenters. The van der Waals surface area contributed by atoms with E-state index in [9.17, 15) is 9.59 Å². The van der Waals surface area contributed by atoms with Gasteiger partial charge in [0.15, 0.2) is 5.82 Å². The van der Waals surface area contributed by atoms with Crippen LogP contribution < -0.4 is 5.73 Å². The Morgan fingerprint density at radius 2 is 2.05 bits per heavy atom. The summed E-state index contributed by atoms with van der Waals surface area (Å²) in [4.78, 5) is 26.4. The number of nitrogens with two attached hydrogens (primary N) is 1. The summed E-state index contributed by atoms with van der Waals surface area (Å²) in [6.45, 7) is 0.635. The van der Waals surface area contributed by atoms with Gasteiger partial charge in [0, 0.05) is 25.9 Å². The molecule has 3 rings (SSSR count). The zero-order valence-corrected chi connectivity index (χ0v) is 12.9. The van der Waals surface area contributed by atoms with E-state index in [0.29, 0.717) is 38.6 Å². The van der Waals surface area contributed by atoms with Crippen molar-refractivity contribution in [1.29, 1.82) is 0 Å². The maximum Gasteiger partial charge on any atom is 0.243 e. The first-order valence-electron chi connectivity index (χ1n) is 7.87. The molecule has 1 atom stereocenters. The first-order valence-corrected chi connectivity index (χ1v) is 7.87. The number of carbonyl (C=O) groups excluding carboxylic acids is 2. The van der Waals surface area contributed by atoms with Crippen LogP contribution in [-0.4, -0.2) is 49.5 Å². The van der Waals surface area contributed by atoms with E-state index in [1.165, 1.54) is 0 Å². The summed E-state index contributed by atoms with van der Waals surface area (Å²) < 4.78 is 1.76. The van der Waals surface area contributed by atoms with E-state index < -0.39 is 5.54 Å². The minimum atomic E-state index is -0.795. The van der Waals surface area contributed by atoms with Gasteiger partial charge in [0.2, 0.25) is 11.8 Å². The van der Waals surface area contributed by atoms with Crippen LogP contribution >= 0.6 is 0 Å². The van der Waals surface area contributed by atoms with Crippen LogP contribution in [0.5, 0.6) is 0 Å². The molecule has 2 amide bonds. The molecule has 1 aliphatic heterocycles. The predicted molar refractivity (Wildman–Crippen MR) is 77.4 cm³/mol. The van der Waals surface area contributed by atoms with Gasteiger partial charge in [0.05, 0.1) is 0 Å². The number of likely N-dealkylation sites (N-methyl/N-ethyl adjacent to an activating group) is 1. The number of fused-ring (bicyclic) bond motifs is 1. The molecule has 1 fully saturated rings. The molecule has 0 spiro atoms. The summed E-state index contributed by atoms with van der Waals surface area (Å²) >= 11 is 0. The topological polar surface area (TPSA) is 107 Å². The van der Waals surface area contributed by atoms with Gasteiger partial charge in [0.1, 0.15) is 5.54 Å². The van der Waals surface area contributed by atoms with Crippen LogP contribution in [0.3, 0.4) is 0 Å². The number of amides is 2. The van der Waals surface area contributed by atoms with E-state index in [0.717, 1.165) is 18.7 Å². The summed E-state index contributed by atoms with van der Waals surface area (Å²) in [5, 5.41) is 11.6. The van der Waals surface area contributed by atoms with Crippen LogP contribution in [0.25, 0.3) is 0 Å². The van der Waals surface area contributed by atoms with E-state index in [2.05, 4.69) is 15.5 Å². The summed E-state index contributed by atoms with van der Waals surface area (Å²) in [5.74, 6) is 0.335. The number of aryl methyl sites for hydroxylation is 2. The molecule has 1 aromatic rings. The van der Waals surface area contributed by atoms with Gasteiger partial charge in [0.25, 0.3) is 0 Å². The van der Waals surface area contributed by atoms with Crippen molar-refractivity contribution in [3.05, 3.63) is 5.82 Å². The van der Waals surface area contributed by atoms with Gasteiger partial charge in [-0.05, 0) is 36.1 Å². The second-order valence-corrected chi connectivity index (χ2v) is 6.34. The lowest BCUT2D eigenvalue weighted by molar-refractivity contribution is -0.147. The first-order chi connectivity index (χ1) is 10.5. The lowest BCUT2D eigenvalue weighted by Gasteiger charge is -2.37. The number of nitrogens with zero attached hydrogens (tertiary/aromatic N) is 5. The maximum absolute atomic E-state index is 12.9. The minimum absolute atomic E-state index is 0.0133. The third kappa shape index (κ3) is 2.36. The fourth-order valence-electron chi connectivity index (χ4n) is 3.74. The van der Waals surface area contributed by atoms with Gasteiger partial charge in [-0.15, -0.1) is 5.10 Å². The zero-order chi connectivity index (χ0) is 15.7. The van der Waals surface area contributed by atoms with E-state index in [1.54, 1.807) is 16.6 Å². The van der Waals surface area contributed by atoms with E-state index in [1.807, 2.05) is 0 Å². The third-order valence-corrected chi connectivity index (χ3v) is 5.22. The standard InChI is InChI=1S/C14H22N6O2/c1-19(14(13(15)22)7-2-3-8-14)12(21)10-4-5-11-16-17-18-20(11)9-6-10/h10H,2-9H2,1H3,(H2,15,22). The Morgan fingerprint density at radius 1 is 1.32 bits per heavy atom. The average Bonchev–Trinajstić information content (AvgIpc) is 3.13. The highest BCUT2D eigenvalue weighted by atomic mass is 16.2. The Kier molecular flexibility index (Phi) is 3.84. The lowest BCUT2D eigenvalue weighted by Crippen LogP contribution is -2.57. The molecular weight excluding hydrogens is 284 g/mol. The maximum atomic E-state index is 12.9. The Bertz CT molecular complexity index is 555. The third-order valence-electron chi connectivity index (χ3n) is 5.22. The SMILES string of the molecule is CN(C(=O)C1CCc2nnnn2CC1)C1(C(N)=O)CCCC1. The highest BCUT2D eigenvalue weighted by Crippen LogP contribution is 2.36. The number of aromatic nitrogens is 4. The molecule has 120 valence electrons. The number of rotatable bonds is 3. The van der Waals surface area contributed by atoms with Crippen molar-refractivity contribution in [2.75, 3.05) is 7.05 Å². The van der Waals surface area contributed by atoms with Crippen molar-refractivity contribution >= 4 is 11.8 Å². The first kappa shape index (κ1) is 14.9. The van der Waals surface area contributed by atoms with Crippen LogP contribution in [0.1, 0.15) is 44.3 Å². The highest BCUT2D eigenvalue weighted by Gasteiger charge is 2.46. The molecule has 0 bridgehead atoms. The Morgan fingerprint density at radius 3 is 2.73 bits per heavy atom. The van der Waals surface area contributed by atoms with Crippen molar-refractivity contribution in [2.24, 2.45) is 11.7 Å². The average molecular weight is 306 g/mol. The van der Waals surface area contributed by atoms with Crippen LogP contribution in [0.4, 0.5) is 0 Å². The molecule has 0 aromatic carbocycles. The molecule has 1 saturated carbocycles. The van der Waals surface area contributed by atoms with Gasteiger partial charge in [-0.2, -0.15) is 0 Å². The number of primary amides is 1. The lowest BCUT2D eigenvalue weighted by atomic mass is 9.91. The van der Waals surface area contributed by atoms with Gasteiger partial charge in [-0.3, -0.25) is 9.59 Å². The summed E-state index contributed by atoms with van der Waals surface area (Å²) in [6, 6.07) is 0. The molecule has 0 radical (unpaired) electrons. The summed E-state index contributed by atoms with van der Waals surface area (Å²) in [5.41, 5.74) is 4.82. The van der Waals surface area contributed by atoms with Crippen LogP contribution in [0.15, 0.2) is 0 Å². The molecule has 1 aromatic heterocycles. The van der Waals surface area contributed by atoms with Gasteiger partial charge < -0.3 is 10.6 Å². The van der Waals surface area contributed by atoms with Crippen LogP contribution in [0.2, 0.25) is 0 Å².